The molecule has 0 fully saturated rings. The minimum atomic E-state index is -0.472. The van der Waals surface area contributed by atoms with Gasteiger partial charge in [-0.3, -0.25) is 10.1 Å². The van der Waals surface area contributed by atoms with Crippen LogP contribution in [-0.4, -0.2) is 15.0 Å². The molecule has 0 bridgehead atoms. The number of aromatic nitrogens is 1. The van der Waals surface area contributed by atoms with E-state index in [4.69, 9.17) is 11.6 Å². The van der Waals surface area contributed by atoms with Crippen LogP contribution in [0.25, 0.3) is 33.9 Å². The normalized spacial score (nSPS) is 11.6. The molecule has 0 aliphatic rings. The first-order valence-corrected chi connectivity index (χ1v) is 9.21. The van der Waals surface area contributed by atoms with Gasteiger partial charge in [-0.05, 0) is 23.8 Å². The van der Waals surface area contributed by atoms with Crippen molar-refractivity contribution >= 4 is 40.0 Å². The minimum Gasteiger partial charge on any atom is -0.507 e. The molecule has 0 aliphatic heterocycles. The lowest BCUT2D eigenvalue weighted by Gasteiger charge is -2.11. The van der Waals surface area contributed by atoms with Gasteiger partial charge in [0, 0.05) is 22.0 Å². The highest BCUT2D eigenvalue weighted by Crippen LogP contribution is 2.40. The topological polar surface area (TPSA) is 76.3 Å². The van der Waals surface area contributed by atoms with E-state index in [0.29, 0.717) is 32.6 Å². The largest absolute Gasteiger partial charge is 0.507 e. The molecule has 0 saturated carbocycles. The van der Waals surface area contributed by atoms with E-state index in [1.54, 1.807) is 54.6 Å². The fraction of sp³-hybridized carbons (Fsp3) is 0. The standard InChI is InChI=1S/C23H15ClN2O3/c24-17-11-12-19-18(13-17)22(16-9-5-2-6-10-16)23(26(28)29)20(25-19)14-21(27)15-7-3-1-4-8-15/h1-14,27H/b21-14+. The summed E-state index contributed by atoms with van der Waals surface area (Å²) in [7, 11) is 0. The summed E-state index contributed by atoms with van der Waals surface area (Å²) in [5.74, 6) is -0.103. The van der Waals surface area contributed by atoms with Crippen LogP contribution in [-0.2, 0) is 0 Å². The van der Waals surface area contributed by atoms with E-state index in [0.717, 1.165) is 0 Å². The van der Waals surface area contributed by atoms with Gasteiger partial charge in [0.05, 0.1) is 16.0 Å². The number of rotatable bonds is 4. The van der Waals surface area contributed by atoms with Crippen molar-refractivity contribution in [3.05, 3.63) is 105 Å². The highest BCUT2D eigenvalue weighted by molar-refractivity contribution is 6.31. The average molecular weight is 403 g/mol. The first-order valence-electron chi connectivity index (χ1n) is 8.84. The summed E-state index contributed by atoms with van der Waals surface area (Å²) in [5.41, 5.74) is 2.06. The Bertz CT molecular complexity index is 1240. The molecule has 5 nitrogen and oxygen atoms in total. The van der Waals surface area contributed by atoms with Crippen LogP contribution in [0.1, 0.15) is 11.3 Å². The number of benzene rings is 3. The Balaban J connectivity index is 2.07. The molecule has 29 heavy (non-hydrogen) atoms. The molecule has 3 aromatic carbocycles. The third-order valence-corrected chi connectivity index (χ3v) is 4.77. The van der Waals surface area contributed by atoms with Crippen molar-refractivity contribution in [2.45, 2.75) is 0 Å². The summed E-state index contributed by atoms with van der Waals surface area (Å²) in [5, 5.41) is 23.7. The lowest BCUT2D eigenvalue weighted by atomic mass is 9.97. The highest BCUT2D eigenvalue weighted by atomic mass is 35.5. The number of pyridine rings is 1. The van der Waals surface area contributed by atoms with Crippen LogP contribution < -0.4 is 0 Å². The molecule has 4 aromatic rings. The van der Waals surface area contributed by atoms with Crippen molar-refractivity contribution in [1.82, 2.24) is 4.98 Å². The first kappa shape index (κ1) is 18.7. The van der Waals surface area contributed by atoms with Gasteiger partial charge in [-0.25, -0.2) is 4.98 Å². The van der Waals surface area contributed by atoms with Crippen molar-refractivity contribution in [2.75, 3.05) is 0 Å². The number of aliphatic hydroxyl groups is 1. The number of halogens is 1. The molecule has 0 unspecified atom stereocenters. The molecule has 0 saturated heterocycles. The Morgan fingerprint density at radius 1 is 1.00 bits per heavy atom. The molecule has 0 amide bonds. The average Bonchev–Trinajstić information content (AvgIpc) is 2.74. The Hall–Kier alpha value is -3.70. The number of nitrogens with zero attached hydrogens (tertiary/aromatic N) is 2. The maximum atomic E-state index is 12.1. The minimum absolute atomic E-state index is 0.0741. The molecule has 6 heteroatoms. The van der Waals surface area contributed by atoms with Crippen molar-refractivity contribution < 1.29 is 10.0 Å². The monoisotopic (exact) mass is 402 g/mol. The zero-order chi connectivity index (χ0) is 20.4. The third kappa shape index (κ3) is 3.68. The van der Waals surface area contributed by atoms with Crippen LogP contribution in [0.15, 0.2) is 78.9 Å². The van der Waals surface area contributed by atoms with E-state index in [1.165, 1.54) is 6.08 Å². The van der Waals surface area contributed by atoms with Gasteiger partial charge in [0.25, 0.3) is 0 Å². The summed E-state index contributed by atoms with van der Waals surface area (Å²) in [6.45, 7) is 0. The summed E-state index contributed by atoms with van der Waals surface area (Å²) in [6.07, 6.45) is 1.33. The van der Waals surface area contributed by atoms with Crippen molar-refractivity contribution in [3.63, 3.8) is 0 Å². The quantitative estimate of drug-likeness (QED) is 0.239. The Morgan fingerprint density at radius 2 is 1.66 bits per heavy atom. The predicted molar refractivity (Wildman–Crippen MR) is 116 cm³/mol. The molecular formula is C23H15ClN2O3. The molecule has 0 spiro atoms. The van der Waals surface area contributed by atoms with E-state index in [9.17, 15) is 15.2 Å². The molecular weight excluding hydrogens is 388 g/mol. The highest BCUT2D eigenvalue weighted by Gasteiger charge is 2.25. The third-order valence-electron chi connectivity index (χ3n) is 4.54. The van der Waals surface area contributed by atoms with Crippen molar-refractivity contribution in [1.29, 1.82) is 0 Å². The summed E-state index contributed by atoms with van der Waals surface area (Å²) in [6, 6.07) is 22.9. The smallest absolute Gasteiger partial charge is 0.303 e. The molecule has 1 aromatic heterocycles. The molecule has 0 radical (unpaired) electrons. The molecule has 142 valence electrons. The molecule has 0 atom stereocenters. The second kappa shape index (κ2) is 7.73. The van der Waals surface area contributed by atoms with Gasteiger partial charge in [0.1, 0.15) is 11.5 Å². The zero-order valence-electron chi connectivity index (χ0n) is 15.1. The number of nitro groups is 1. The van der Waals surface area contributed by atoms with E-state index >= 15 is 0 Å². The van der Waals surface area contributed by atoms with Crippen molar-refractivity contribution in [3.8, 4) is 11.1 Å². The second-order valence-corrected chi connectivity index (χ2v) is 6.84. The van der Waals surface area contributed by atoms with Gasteiger partial charge in [0.15, 0.2) is 0 Å². The van der Waals surface area contributed by atoms with Crippen LogP contribution in [0, 0.1) is 10.1 Å². The Labute approximate surface area is 171 Å². The molecule has 1 N–H and O–H groups in total. The molecule has 4 rings (SSSR count). The number of hydrogen-bond acceptors (Lipinski definition) is 4. The maximum absolute atomic E-state index is 12.1. The van der Waals surface area contributed by atoms with Gasteiger partial charge in [-0.2, -0.15) is 0 Å². The van der Waals surface area contributed by atoms with Crippen LogP contribution in [0.2, 0.25) is 5.02 Å². The van der Waals surface area contributed by atoms with E-state index < -0.39 is 4.92 Å². The lowest BCUT2D eigenvalue weighted by molar-refractivity contribution is -0.384. The predicted octanol–water partition coefficient (Wildman–Crippen LogP) is 6.52. The number of hydrogen-bond donors (Lipinski definition) is 1. The fourth-order valence-corrected chi connectivity index (χ4v) is 3.42. The molecule has 1 heterocycles. The second-order valence-electron chi connectivity index (χ2n) is 6.40. The van der Waals surface area contributed by atoms with E-state index in [2.05, 4.69) is 4.98 Å². The first-order chi connectivity index (χ1) is 14.0. The zero-order valence-corrected chi connectivity index (χ0v) is 15.9. The van der Waals surface area contributed by atoms with E-state index in [-0.39, 0.29) is 17.1 Å². The number of fused-ring (bicyclic) bond motifs is 1. The Morgan fingerprint density at radius 3 is 2.31 bits per heavy atom. The SMILES string of the molecule is O=[N+]([O-])c1c(/C=C(/O)c2ccccc2)nc2ccc(Cl)cc2c1-c1ccccc1. The Kier molecular flexibility index (Phi) is 4.97. The van der Waals surface area contributed by atoms with E-state index in [1.807, 2.05) is 24.3 Å². The van der Waals surface area contributed by atoms with Crippen LogP contribution in [0.5, 0.6) is 0 Å². The lowest BCUT2D eigenvalue weighted by Crippen LogP contribution is -2.00. The van der Waals surface area contributed by atoms with Gasteiger partial charge < -0.3 is 5.11 Å². The summed E-state index contributed by atoms with van der Waals surface area (Å²) in [4.78, 5) is 16.1. The van der Waals surface area contributed by atoms with Crippen LogP contribution in [0.3, 0.4) is 0 Å². The maximum Gasteiger partial charge on any atom is 0.303 e. The van der Waals surface area contributed by atoms with Crippen molar-refractivity contribution in [2.24, 2.45) is 0 Å². The van der Waals surface area contributed by atoms with Crippen LogP contribution >= 0.6 is 11.6 Å². The van der Waals surface area contributed by atoms with Gasteiger partial charge >= 0.3 is 5.69 Å². The molecule has 0 aliphatic carbocycles. The van der Waals surface area contributed by atoms with Crippen LogP contribution in [0.4, 0.5) is 5.69 Å². The van der Waals surface area contributed by atoms with Gasteiger partial charge in [-0.1, -0.05) is 72.3 Å². The van der Waals surface area contributed by atoms with Gasteiger partial charge in [0.2, 0.25) is 0 Å². The summed E-state index contributed by atoms with van der Waals surface area (Å²) < 4.78 is 0. The summed E-state index contributed by atoms with van der Waals surface area (Å²) >= 11 is 6.16. The fourth-order valence-electron chi connectivity index (χ4n) is 3.25. The van der Waals surface area contributed by atoms with Gasteiger partial charge in [-0.15, -0.1) is 0 Å². The number of aliphatic hydroxyl groups excluding tert-OH is 1.